The van der Waals surface area contributed by atoms with Crippen molar-refractivity contribution in [2.24, 2.45) is 5.34 Å². The number of carbonyl (C=O) groups is 2. The van der Waals surface area contributed by atoms with Gasteiger partial charge in [0.05, 0.1) is 0 Å². The summed E-state index contributed by atoms with van der Waals surface area (Å²) in [5.41, 5.74) is 2.02. The summed E-state index contributed by atoms with van der Waals surface area (Å²) >= 11 is 0. The molecule has 0 saturated carbocycles. The van der Waals surface area contributed by atoms with Crippen molar-refractivity contribution in [2.45, 2.75) is 0 Å². The predicted octanol–water partition coefficient (Wildman–Crippen LogP) is 2.60. The average molecular weight is 255 g/mol. The average Bonchev–Trinajstić information content (AvgIpc) is 2.46. The van der Waals surface area contributed by atoms with Crippen LogP contribution in [0.5, 0.6) is 0 Å². The molecule has 0 radical (unpaired) electrons. The van der Waals surface area contributed by atoms with E-state index < -0.39 is 0 Å². The van der Waals surface area contributed by atoms with E-state index in [2.05, 4.69) is 0 Å². The summed E-state index contributed by atoms with van der Waals surface area (Å²) < 4.78 is 0. The number of benzene rings is 2. The third kappa shape index (κ3) is 2.13. The second-order valence-corrected chi connectivity index (χ2v) is 3.83. The maximum atomic E-state index is 12.1. The summed E-state index contributed by atoms with van der Waals surface area (Å²) in [7, 11) is 0. The minimum atomic E-state index is -0.0641. The Kier molecular flexibility index (Phi) is 3.47. The first kappa shape index (κ1) is 12.6. The number of carbonyl (C=O) groups excluding carboxylic acids is 2. The first-order valence-electron chi connectivity index (χ1n) is 5.45. The van der Waals surface area contributed by atoms with Crippen LogP contribution in [0.25, 0.3) is 0 Å². The number of fused-ring (bicyclic) bond motifs is 2. The Morgan fingerprint density at radius 3 is 1.11 bits per heavy atom. The molecule has 0 atom stereocenters. The van der Waals surface area contributed by atoms with Gasteiger partial charge in [0.25, 0.3) is 0 Å². The molecule has 0 heterocycles. The lowest BCUT2D eigenvalue weighted by atomic mass is 9.84. The van der Waals surface area contributed by atoms with Crippen LogP contribution >= 0.6 is 0 Å². The second kappa shape index (κ2) is 5.22. The van der Waals surface area contributed by atoms with Crippen LogP contribution in [0, 0.1) is 4.91 Å². The number of nitrogens with zero attached hydrogens (tertiary/aromatic N) is 1. The first-order valence-corrected chi connectivity index (χ1v) is 5.45. The summed E-state index contributed by atoms with van der Waals surface area (Å²) in [5.74, 6) is -0.128. The maximum Gasteiger partial charge on any atom is 0.194 e. The van der Waals surface area contributed by atoms with Gasteiger partial charge >= 0.3 is 0 Å². The lowest BCUT2D eigenvalue weighted by Crippen LogP contribution is -2.20. The molecule has 2 aromatic carbocycles. The Hall–Kier alpha value is -2.82. The van der Waals surface area contributed by atoms with E-state index in [0.717, 1.165) is 0 Å². The van der Waals surface area contributed by atoms with E-state index in [4.69, 9.17) is 10.1 Å². The van der Waals surface area contributed by atoms with Crippen molar-refractivity contribution in [3.8, 4) is 0 Å². The van der Waals surface area contributed by atoms with Crippen molar-refractivity contribution in [2.75, 3.05) is 0 Å². The van der Waals surface area contributed by atoms with Gasteiger partial charge in [0, 0.05) is 22.3 Å². The monoisotopic (exact) mass is 255 g/mol. The van der Waals surface area contributed by atoms with E-state index in [-0.39, 0.29) is 11.6 Å². The van der Waals surface area contributed by atoms with Crippen LogP contribution in [0.4, 0.5) is 0 Å². The van der Waals surface area contributed by atoms with Crippen molar-refractivity contribution < 1.29 is 14.8 Å². The number of rotatable bonds is 0. The Labute approximate surface area is 108 Å². The molecule has 0 aliphatic heterocycles. The Balaban J connectivity index is 0.000000408. The third-order valence-electron chi connectivity index (χ3n) is 2.83. The molecule has 0 spiro atoms. The summed E-state index contributed by atoms with van der Waals surface area (Å²) in [6.45, 7) is 0. The van der Waals surface area contributed by atoms with Gasteiger partial charge in [-0.2, -0.15) is 0 Å². The van der Waals surface area contributed by atoms with Gasteiger partial charge in [-0.1, -0.05) is 48.5 Å². The van der Waals surface area contributed by atoms with Gasteiger partial charge in [-0.05, 0) is 0 Å². The van der Waals surface area contributed by atoms with Crippen LogP contribution in [0.15, 0.2) is 53.9 Å². The zero-order valence-electron chi connectivity index (χ0n) is 9.74. The molecule has 1 N–H and O–H groups in total. The molecule has 94 valence electrons. The molecule has 19 heavy (non-hydrogen) atoms. The molecule has 2 aromatic rings. The molecule has 0 fully saturated rings. The van der Waals surface area contributed by atoms with Crippen molar-refractivity contribution in [1.82, 2.24) is 0 Å². The summed E-state index contributed by atoms with van der Waals surface area (Å²) in [6, 6.07) is 13.9. The smallest absolute Gasteiger partial charge is 0.194 e. The SMILES string of the molecule is O=C1c2ccccc2C(=O)c2ccccc21.O=NO. The molecule has 0 saturated heterocycles. The quantitative estimate of drug-likeness (QED) is 0.494. The molecular formula is C14H9NO4. The highest BCUT2D eigenvalue weighted by Gasteiger charge is 2.28. The molecule has 0 bridgehead atoms. The second-order valence-electron chi connectivity index (χ2n) is 3.83. The van der Waals surface area contributed by atoms with Gasteiger partial charge in [-0.3, -0.25) is 9.59 Å². The molecule has 5 heteroatoms. The van der Waals surface area contributed by atoms with Crippen LogP contribution in [0.2, 0.25) is 0 Å². The van der Waals surface area contributed by atoms with Crippen molar-refractivity contribution in [1.29, 1.82) is 0 Å². The third-order valence-corrected chi connectivity index (χ3v) is 2.83. The van der Waals surface area contributed by atoms with Crippen molar-refractivity contribution >= 4 is 11.6 Å². The Morgan fingerprint density at radius 2 is 0.895 bits per heavy atom. The number of ketones is 2. The molecule has 3 rings (SSSR count). The predicted molar refractivity (Wildman–Crippen MR) is 67.3 cm³/mol. The van der Waals surface area contributed by atoms with Gasteiger partial charge in [0.1, 0.15) is 0 Å². The van der Waals surface area contributed by atoms with Gasteiger partial charge in [0.15, 0.2) is 16.9 Å². The maximum absolute atomic E-state index is 12.1. The van der Waals surface area contributed by atoms with E-state index in [1.165, 1.54) is 5.34 Å². The number of hydrogen-bond donors (Lipinski definition) is 1. The fourth-order valence-electron chi connectivity index (χ4n) is 2.05. The normalized spacial score (nSPS) is 11.8. The molecule has 5 nitrogen and oxygen atoms in total. The molecule has 0 amide bonds. The van der Waals surface area contributed by atoms with Gasteiger partial charge in [-0.25, -0.2) is 0 Å². The minimum Gasteiger partial charge on any atom is -0.379 e. The lowest BCUT2D eigenvalue weighted by molar-refractivity contribution is 0.0979. The van der Waals surface area contributed by atoms with E-state index in [1.54, 1.807) is 48.5 Å². The highest BCUT2D eigenvalue weighted by atomic mass is 16.6. The fraction of sp³-hybridized carbons (Fsp3) is 0. The Bertz CT molecular complexity index is 559. The highest BCUT2D eigenvalue weighted by Crippen LogP contribution is 2.26. The van der Waals surface area contributed by atoms with Crippen LogP contribution in [-0.4, -0.2) is 16.8 Å². The van der Waals surface area contributed by atoms with Crippen molar-refractivity contribution in [3.63, 3.8) is 0 Å². The van der Waals surface area contributed by atoms with E-state index in [9.17, 15) is 9.59 Å². The van der Waals surface area contributed by atoms with E-state index >= 15 is 0 Å². The summed E-state index contributed by atoms with van der Waals surface area (Å²) in [6.07, 6.45) is 0. The fourth-order valence-corrected chi connectivity index (χ4v) is 2.05. The molecule has 0 unspecified atom stereocenters. The lowest BCUT2D eigenvalue weighted by Gasteiger charge is -2.16. The van der Waals surface area contributed by atoms with Gasteiger partial charge in [0.2, 0.25) is 0 Å². The molecular weight excluding hydrogens is 246 g/mol. The topological polar surface area (TPSA) is 83.8 Å². The Morgan fingerprint density at radius 1 is 0.684 bits per heavy atom. The minimum absolute atomic E-state index is 0.0641. The molecule has 1 aliphatic carbocycles. The standard InChI is InChI=1S/C14H8O2.HNO2/c15-13-9-5-1-2-6-10(9)14(16)12-8-4-3-7-11(12)13;2-1-3/h1-8H;(H,2,3). The number of hydrogen-bond acceptors (Lipinski definition) is 4. The highest BCUT2D eigenvalue weighted by molar-refractivity contribution is 6.28. The van der Waals surface area contributed by atoms with Crippen molar-refractivity contribution in [3.05, 3.63) is 75.7 Å². The molecule has 0 aromatic heterocycles. The van der Waals surface area contributed by atoms with Crippen LogP contribution < -0.4 is 0 Å². The van der Waals surface area contributed by atoms with E-state index in [0.29, 0.717) is 22.3 Å². The summed E-state index contributed by atoms with van der Waals surface area (Å²) in [4.78, 5) is 32.3. The largest absolute Gasteiger partial charge is 0.379 e. The van der Waals surface area contributed by atoms with Gasteiger partial charge < -0.3 is 5.21 Å². The van der Waals surface area contributed by atoms with Gasteiger partial charge in [-0.15, -0.1) is 4.91 Å². The van der Waals surface area contributed by atoms with Crippen LogP contribution in [-0.2, 0) is 0 Å². The zero-order valence-corrected chi connectivity index (χ0v) is 9.74. The van der Waals surface area contributed by atoms with Crippen LogP contribution in [0.1, 0.15) is 31.8 Å². The molecule has 1 aliphatic rings. The summed E-state index contributed by atoms with van der Waals surface area (Å²) in [5, 5.41) is 7.89. The van der Waals surface area contributed by atoms with E-state index in [1.807, 2.05) is 0 Å². The van der Waals surface area contributed by atoms with Crippen LogP contribution in [0.3, 0.4) is 0 Å². The zero-order chi connectivity index (χ0) is 13.8. The first-order chi connectivity index (χ1) is 9.20.